The van der Waals surface area contributed by atoms with Crippen molar-refractivity contribution in [2.45, 2.75) is 76.1 Å². The summed E-state index contributed by atoms with van der Waals surface area (Å²) in [5.74, 6) is 0.689. The molecule has 3 fully saturated rings. The van der Waals surface area contributed by atoms with E-state index in [4.69, 9.17) is 5.73 Å². The van der Waals surface area contributed by atoms with Crippen LogP contribution in [0.25, 0.3) is 0 Å². The van der Waals surface area contributed by atoms with Gasteiger partial charge in [-0.3, -0.25) is 4.79 Å². The Labute approximate surface area is 115 Å². The molecule has 19 heavy (non-hydrogen) atoms. The van der Waals surface area contributed by atoms with Crippen LogP contribution in [0, 0.1) is 11.8 Å². The van der Waals surface area contributed by atoms with Gasteiger partial charge in [0, 0.05) is 18.1 Å². The van der Waals surface area contributed by atoms with E-state index in [9.17, 15) is 9.90 Å². The van der Waals surface area contributed by atoms with Gasteiger partial charge in [-0.25, -0.2) is 0 Å². The van der Waals surface area contributed by atoms with Crippen LogP contribution in [0.2, 0.25) is 0 Å². The lowest BCUT2D eigenvalue weighted by atomic mass is 9.76. The maximum atomic E-state index is 12.9. The van der Waals surface area contributed by atoms with Crippen LogP contribution in [-0.4, -0.2) is 40.1 Å². The quantitative estimate of drug-likeness (QED) is 0.751. The lowest BCUT2D eigenvalue weighted by Gasteiger charge is -2.42. The molecule has 0 aromatic heterocycles. The largest absolute Gasteiger partial charge is 0.393 e. The summed E-state index contributed by atoms with van der Waals surface area (Å²) in [6.07, 6.45) is 6.68. The standard InChI is InChI=1S/C15H26N2O2/c1-9-3-2-4-13(16)14(9)15(19)17-10-5-6-11(17)8-12(18)7-10/h9-14,18H,2-8,16H2,1H3. The smallest absolute Gasteiger partial charge is 0.228 e. The summed E-state index contributed by atoms with van der Waals surface area (Å²) in [6, 6.07) is 0.563. The summed E-state index contributed by atoms with van der Waals surface area (Å²) in [5, 5.41) is 9.84. The summed E-state index contributed by atoms with van der Waals surface area (Å²) in [7, 11) is 0. The Morgan fingerprint density at radius 3 is 2.37 bits per heavy atom. The second-order valence-electron chi connectivity index (χ2n) is 6.85. The SMILES string of the molecule is CC1CCCC(N)C1C(=O)N1C2CCC1CC(O)C2. The molecule has 3 N–H and O–H groups in total. The Morgan fingerprint density at radius 1 is 1.16 bits per heavy atom. The van der Waals surface area contributed by atoms with Crippen LogP contribution >= 0.6 is 0 Å². The fraction of sp³-hybridized carbons (Fsp3) is 0.933. The molecule has 0 radical (unpaired) electrons. The van der Waals surface area contributed by atoms with E-state index >= 15 is 0 Å². The van der Waals surface area contributed by atoms with Gasteiger partial charge in [0.1, 0.15) is 0 Å². The van der Waals surface area contributed by atoms with Gasteiger partial charge in [-0.1, -0.05) is 13.3 Å². The Hall–Kier alpha value is -0.610. The molecule has 3 rings (SSSR count). The van der Waals surface area contributed by atoms with Crippen molar-refractivity contribution >= 4 is 5.91 Å². The van der Waals surface area contributed by atoms with Crippen LogP contribution < -0.4 is 5.73 Å². The van der Waals surface area contributed by atoms with Gasteiger partial charge in [-0.2, -0.15) is 0 Å². The van der Waals surface area contributed by atoms with Gasteiger partial charge in [0.2, 0.25) is 5.91 Å². The van der Waals surface area contributed by atoms with Crippen molar-refractivity contribution in [2.24, 2.45) is 17.6 Å². The van der Waals surface area contributed by atoms with E-state index in [1.54, 1.807) is 0 Å². The van der Waals surface area contributed by atoms with Crippen molar-refractivity contribution in [3.8, 4) is 0 Å². The highest BCUT2D eigenvalue weighted by Gasteiger charge is 2.46. The molecule has 1 saturated carbocycles. The van der Waals surface area contributed by atoms with Gasteiger partial charge in [0.15, 0.2) is 0 Å². The molecule has 3 aliphatic rings. The molecule has 2 heterocycles. The minimum Gasteiger partial charge on any atom is -0.393 e. The van der Waals surface area contributed by atoms with Gasteiger partial charge in [-0.05, 0) is 44.4 Å². The first kappa shape index (κ1) is 13.4. The van der Waals surface area contributed by atoms with Crippen molar-refractivity contribution in [1.29, 1.82) is 0 Å². The molecule has 2 aliphatic heterocycles. The normalized spacial score (nSPS) is 46.4. The highest BCUT2D eigenvalue weighted by molar-refractivity contribution is 5.81. The molecule has 4 heteroatoms. The monoisotopic (exact) mass is 266 g/mol. The van der Waals surface area contributed by atoms with Crippen molar-refractivity contribution in [3.05, 3.63) is 0 Å². The topological polar surface area (TPSA) is 66.6 Å². The van der Waals surface area contributed by atoms with Crippen LogP contribution in [0.4, 0.5) is 0 Å². The van der Waals surface area contributed by atoms with Crippen LogP contribution in [-0.2, 0) is 4.79 Å². The van der Waals surface area contributed by atoms with E-state index in [0.717, 1.165) is 44.9 Å². The number of hydrogen-bond donors (Lipinski definition) is 2. The molecule has 0 aromatic carbocycles. The number of hydrogen-bond acceptors (Lipinski definition) is 3. The van der Waals surface area contributed by atoms with E-state index < -0.39 is 0 Å². The van der Waals surface area contributed by atoms with Crippen LogP contribution in [0.3, 0.4) is 0 Å². The summed E-state index contributed by atoms with van der Waals surface area (Å²) < 4.78 is 0. The Kier molecular flexibility index (Phi) is 3.56. The molecular weight excluding hydrogens is 240 g/mol. The second-order valence-corrected chi connectivity index (χ2v) is 6.85. The average Bonchev–Trinajstić information content (AvgIpc) is 2.61. The molecule has 1 amide bonds. The van der Waals surface area contributed by atoms with Crippen LogP contribution in [0.5, 0.6) is 0 Å². The summed E-state index contributed by atoms with van der Waals surface area (Å²) in [4.78, 5) is 15.0. The first-order chi connectivity index (χ1) is 9.08. The number of piperidine rings is 1. The van der Waals surface area contributed by atoms with Gasteiger partial charge < -0.3 is 15.7 Å². The third kappa shape index (κ3) is 2.29. The van der Waals surface area contributed by atoms with Crippen molar-refractivity contribution < 1.29 is 9.90 Å². The number of aliphatic hydroxyl groups excluding tert-OH is 1. The number of carbonyl (C=O) groups excluding carboxylic acids is 1. The number of aliphatic hydroxyl groups is 1. The third-order valence-corrected chi connectivity index (χ3v) is 5.52. The number of amides is 1. The molecule has 4 nitrogen and oxygen atoms in total. The lowest BCUT2D eigenvalue weighted by molar-refractivity contribution is -0.145. The zero-order chi connectivity index (χ0) is 13.6. The second kappa shape index (κ2) is 5.06. The molecule has 2 saturated heterocycles. The van der Waals surface area contributed by atoms with Gasteiger partial charge in [0.25, 0.3) is 0 Å². The fourth-order valence-electron chi connectivity index (χ4n) is 4.56. The van der Waals surface area contributed by atoms with E-state index in [0.29, 0.717) is 5.92 Å². The number of nitrogens with two attached hydrogens (primary N) is 1. The molecule has 0 spiro atoms. The van der Waals surface area contributed by atoms with E-state index in [2.05, 4.69) is 11.8 Å². The van der Waals surface area contributed by atoms with E-state index in [1.807, 2.05) is 0 Å². The van der Waals surface area contributed by atoms with Gasteiger partial charge in [0.05, 0.1) is 12.0 Å². The number of rotatable bonds is 1. The first-order valence-corrected chi connectivity index (χ1v) is 7.83. The summed E-state index contributed by atoms with van der Waals surface area (Å²) in [6.45, 7) is 2.17. The average molecular weight is 266 g/mol. The Bertz CT molecular complexity index is 336. The molecule has 5 atom stereocenters. The van der Waals surface area contributed by atoms with Crippen molar-refractivity contribution in [1.82, 2.24) is 4.90 Å². The van der Waals surface area contributed by atoms with Crippen LogP contribution in [0.15, 0.2) is 0 Å². The fourth-order valence-corrected chi connectivity index (χ4v) is 4.56. The van der Waals surface area contributed by atoms with Gasteiger partial charge in [-0.15, -0.1) is 0 Å². The molecule has 0 aromatic rings. The molecule has 5 unspecified atom stereocenters. The highest BCUT2D eigenvalue weighted by Crippen LogP contribution is 2.39. The highest BCUT2D eigenvalue weighted by atomic mass is 16.3. The van der Waals surface area contributed by atoms with Crippen molar-refractivity contribution in [3.63, 3.8) is 0 Å². The van der Waals surface area contributed by atoms with Crippen molar-refractivity contribution in [2.75, 3.05) is 0 Å². The van der Waals surface area contributed by atoms with E-state index in [1.165, 1.54) is 0 Å². The molecular formula is C15H26N2O2. The molecule has 108 valence electrons. The minimum atomic E-state index is -0.209. The predicted octanol–water partition coefficient (Wildman–Crippen LogP) is 1.26. The third-order valence-electron chi connectivity index (χ3n) is 5.52. The predicted molar refractivity (Wildman–Crippen MR) is 73.4 cm³/mol. The summed E-state index contributed by atoms with van der Waals surface area (Å²) >= 11 is 0. The zero-order valence-electron chi connectivity index (χ0n) is 11.8. The number of fused-ring (bicyclic) bond motifs is 2. The zero-order valence-corrected chi connectivity index (χ0v) is 11.8. The maximum Gasteiger partial charge on any atom is 0.228 e. The number of carbonyl (C=O) groups is 1. The Morgan fingerprint density at radius 2 is 1.79 bits per heavy atom. The number of nitrogens with zero attached hydrogens (tertiary/aromatic N) is 1. The Balaban J connectivity index is 1.76. The maximum absolute atomic E-state index is 12.9. The molecule has 2 bridgehead atoms. The van der Waals surface area contributed by atoms with E-state index in [-0.39, 0.29) is 36.1 Å². The van der Waals surface area contributed by atoms with Crippen LogP contribution in [0.1, 0.15) is 51.9 Å². The van der Waals surface area contributed by atoms with Gasteiger partial charge >= 0.3 is 0 Å². The minimum absolute atomic E-state index is 0.00657. The summed E-state index contributed by atoms with van der Waals surface area (Å²) in [5.41, 5.74) is 6.22. The first-order valence-electron chi connectivity index (χ1n) is 7.83. The lowest BCUT2D eigenvalue weighted by Crippen LogP contribution is -2.55. The molecule has 1 aliphatic carbocycles.